The summed E-state index contributed by atoms with van der Waals surface area (Å²) in [7, 11) is -3.35. The summed E-state index contributed by atoms with van der Waals surface area (Å²) in [6, 6.07) is 3.52. The highest BCUT2D eigenvalue weighted by atomic mass is 32.2. The Bertz CT molecular complexity index is 720. The molecule has 1 fully saturated rings. The van der Waals surface area contributed by atoms with Crippen molar-refractivity contribution in [1.82, 2.24) is 15.3 Å². The Hall–Kier alpha value is -1.73. The largest absolute Gasteiger partial charge is 0.461 e. The van der Waals surface area contributed by atoms with Crippen LogP contribution in [-0.2, 0) is 9.84 Å². The summed E-state index contributed by atoms with van der Waals surface area (Å²) in [5.41, 5.74) is 0.589. The van der Waals surface area contributed by atoms with Crippen molar-refractivity contribution in [2.24, 2.45) is 0 Å². The van der Waals surface area contributed by atoms with Crippen molar-refractivity contribution in [2.45, 2.75) is 23.7 Å². The Morgan fingerprint density at radius 3 is 2.90 bits per heavy atom. The fourth-order valence-corrected chi connectivity index (χ4v) is 3.41. The van der Waals surface area contributed by atoms with Gasteiger partial charge >= 0.3 is 0 Å². The van der Waals surface area contributed by atoms with Crippen molar-refractivity contribution in [3.63, 3.8) is 0 Å². The van der Waals surface area contributed by atoms with E-state index in [1.807, 2.05) is 0 Å². The average molecular weight is 307 g/mol. The Labute approximate surface area is 123 Å². The third kappa shape index (κ3) is 2.98. The molecule has 6 nitrogen and oxygen atoms in total. The summed E-state index contributed by atoms with van der Waals surface area (Å²) in [6.45, 7) is 1.69. The van der Waals surface area contributed by atoms with Crippen molar-refractivity contribution in [1.29, 1.82) is 0 Å². The fraction of sp³-hybridized carbons (Fsp3) is 0.429. The standard InChI is InChI=1S/C14H17N3O3S/c1-21(18,19)12-9-16-14(11-5-3-7-20-11)17-13(12)10-4-2-6-15-8-10/h3,5,7,9-10,15H,2,4,6,8H2,1H3/t10-/m1/s1. The quantitative estimate of drug-likeness (QED) is 0.927. The summed E-state index contributed by atoms with van der Waals surface area (Å²) >= 11 is 0. The normalized spacial score (nSPS) is 19.6. The molecule has 3 rings (SSSR count). The van der Waals surface area contributed by atoms with Gasteiger partial charge in [-0.1, -0.05) is 0 Å². The van der Waals surface area contributed by atoms with E-state index in [9.17, 15) is 8.42 Å². The first-order valence-electron chi connectivity index (χ1n) is 6.87. The van der Waals surface area contributed by atoms with Crippen LogP contribution < -0.4 is 5.32 Å². The number of hydrogen-bond donors (Lipinski definition) is 1. The van der Waals surface area contributed by atoms with Crippen LogP contribution in [0.15, 0.2) is 33.9 Å². The van der Waals surface area contributed by atoms with Gasteiger partial charge in [-0.2, -0.15) is 0 Å². The number of rotatable bonds is 3. The second kappa shape index (κ2) is 5.57. The minimum Gasteiger partial charge on any atom is -0.461 e. The van der Waals surface area contributed by atoms with Crippen LogP contribution in [0, 0.1) is 0 Å². The third-order valence-electron chi connectivity index (χ3n) is 3.61. The maximum atomic E-state index is 12.0. The van der Waals surface area contributed by atoms with Gasteiger partial charge < -0.3 is 9.73 Å². The molecule has 0 radical (unpaired) electrons. The lowest BCUT2D eigenvalue weighted by Gasteiger charge is -2.23. The van der Waals surface area contributed by atoms with Crippen LogP contribution in [0.25, 0.3) is 11.6 Å². The van der Waals surface area contributed by atoms with E-state index in [1.165, 1.54) is 12.5 Å². The van der Waals surface area contributed by atoms with Gasteiger partial charge in [0.2, 0.25) is 0 Å². The van der Waals surface area contributed by atoms with Crippen LogP contribution in [0.5, 0.6) is 0 Å². The summed E-state index contributed by atoms with van der Waals surface area (Å²) in [5, 5.41) is 3.29. The maximum Gasteiger partial charge on any atom is 0.195 e. The first-order chi connectivity index (χ1) is 10.1. The summed E-state index contributed by atoms with van der Waals surface area (Å²) in [5.74, 6) is 1.05. The molecule has 0 amide bonds. The minimum atomic E-state index is -3.35. The molecule has 3 heterocycles. The van der Waals surface area contributed by atoms with Crippen LogP contribution in [0.1, 0.15) is 24.5 Å². The molecule has 0 bridgehead atoms. The second-order valence-corrected chi connectivity index (χ2v) is 7.22. The van der Waals surface area contributed by atoms with E-state index in [0.29, 0.717) is 17.3 Å². The zero-order chi connectivity index (χ0) is 14.9. The van der Waals surface area contributed by atoms with Crippen molar-refractivity contribution < 1.29 is 12.8 Å². The molecule has 2 aromatic rings. The van der Waals surface area contributed by atoms with Gasteiger partial charge in [0.1, 0.15) is 4.90 Å². The van der Waals surface area contributed by atoms with Gasteiger partial charge in [-0.05, 0) is 31.5 Å². The molecule has 0 aliphatic carbocycles. The fourth-order valence-electron chi connectivity index (χ4n) is 2.57. The predicted molar refractivity (Wildman–Crippen MR) is 77.7 cm³/mol. The number of hydrogen-bond acceptors (Lipinski definition) is 6. The monoisotopic (exact) mass is 307 g/mol. The molecule has 1 aliphatic rings. The molecular weight excluding hydrogens is 290 g/mol. The molecular formula is C14H17N3O3S. The molecule has 0 spiro atoms. The number of sulfone groups is 1. The highest BCUT2D eigenvalue weighted by molar-refractivity contribution is 7.90. The molecule has 21 heavy (non-hydrogen) atoms. The summed E-state index contributed by atoms with van der Waals surface area (Å²) < 4.78 is 29.2. The van der Waals surface area contributed by atoms with E-state index >= 15 is 0 Å². The van der Waals surface area contributed by atoms with E-state index in [-0.39, 0.29) is 10.8 Å². The number of aromatic nitrogens is 2. The molecule has 1 N–H and O–H groups in total. The van der Waals surface area contributed by atoms with Crippen molar-refractivity contribution in [3.05, 3.63) is 30.3 Å². The summed E-state index contributed by atoms with van der Waals surface area (Å²) in [6.07, 6.45) is 6.06. The van der Waals surface area contributed by atoms with Gasteiger partial charge in [0.15, 0.2) is 21.4 Å². The Morgan fingerprint density at radius 1 is 1.43 bits per heavy atom. The van der Waals surface area contributed by atoms with Gasteiger partial charge in [-0.15, -0.1) is 0 Å². The molecule has 1 aliphatic heterocycles. The highest BCUT2D eigenvalue weighted by Crippen LogP contribution is 2.29. The number of nitrogens with one attached hydrogen (secondary N) is 1. The first-order valence-corrected chi connectivity index (χ1v) is 8.76. The van der Waals surface area contributed by atoms with Crippen molar-refractivity contribution in [2.75, 3.05) is 19.3 Å². The van der Waals surface area contributed by atoms with E-state index in [0.717, 1.165) is 25.9 Å². The van der Waals surface area contributed by atoms with Crippen LogP contribution >= 0.6 is 0 Å². The zero-order valence-corrected chi connectivity index (χ0v) is 12.6. The van der Waals surface area contributed by atoms with Gasteiger partial charge in [0.05, 0.1) is 18.2 Å². The van der Waals surface area contributed by atoms with Gasteiger partial charge in [-0.25, -0.2) is 18.4 Å². The van der Waals surface area contributed by atoms with Gasteiger partial charge in [0, 0.05) is 18.7 Å². The van der Waals surface area contributed by atoms with Crippen LogP contribution in [0.4, 0.5) is 0 Å². The molecule has 0 aromatic carbocycles. The molecule has 112 valence electrons. The number of nitrogens with zero attached hydrogens (tertiary/aromatic N) is 2. The van der Waals surface area contributed by atoms with E-state index in [2.05, 4.69) is 15.3 Å². The Balaban J connectivity index is 2.09. The maximum absolute atomic E-state index is 12.0. The van der Waals surface area contributed by atoms with Gasteiger partial charge in [0.25, 0.3) is 0 Å². The Morgan fingerprint density at radius 2 is 2.29 bits per heavy atom. The lowest BCUT2D eigenvalue weighted by molar-refractivity contribution is 0.447. The van der Waals surface area contributed by atoms with Crippen molar-refractivity contribution >= 4 is 9.84 Å². The van der Waals surface area contributed by atoms with Crippen LogP contribution in [-0.4, -0.2) is 37.7 Å². The lowest BCUT2D eigenvalue weighted by Crippen LogP contribution is -2.30. The Kier molecular flexibility index (Phi) is 3.77. The van der Waals surface area contributed by atoms with Crippen molar-refractivity contribution in [3.8, 4) is 11.6 Å². The van der Waals surface area contributed by atoms with Crippen LogP contribution in [0.2, 0.25) is 0 Å². The molecule has 2 aromatic heterocycles. The number of piperidine rings is 1. The third-order valence-corrected chi connectivity index (χ3v) is 4.72. The first kappa shape index (κ1) is 14.2. The predicted octanol–water partition coefficient (Wildman–Crippen LogP) is 1.61. The topological polar surface area (TPSA) is 85.1 Å². The van der Waals surface area contributed by atoms with Crippen LogP contribution in [0.3, 0.4) is 0 Å². The summed E-state index contributed by atoms with van der Waals surface area (Å²) in [4.78, 5) is 8.83. The molecule has 7 heteroatoms. The smallest absolute Gasteiger partial charge is 0.195 e. The van der Waals surface area contributed by atoms with E-state index < -0.39 is 9.84 Å². The highest BCUT2D eigenvalue weighted by Gasteiger charge is 2.25. The average Bonchev–Trinajstić information content (AvgIpc) is 3.01. The van der Waals surface area contributed by atoms with Gasteiger partial charge in [-0.3, -0.25) is 0 Å². The van der Waals surface area contributed by atoms with E-state index in [4.69, 9.17) is 4.42 Å². The zero-order valence-electron chi connectivity index (χ0n) is 11.7. The molecule has 0 unspecified atom stereocenters. The molecule has 0 saturated carbocycles. The SMILES string of the molecule is CS(=O)(=O)c1cnc(-c2ccco2)nc1[C@@H]1CCCNC1. The number of furan rings is 1. The van der Waals surface area contributed by atoms with E-state index in [1.54, 1.807) is 18.4 Å². The molecule has 1 atom stereocenters. The second-order valence-electron chi connectivity index (χ2n) is 5.24. The minimum absolute atomic E-state index is 0.0835. The lowest BCUT2D eigenvalue weighted by atomic mass is 9.96. The molecule has 1 saturated heterocycles.